The summed E-state index contributed by atoms with van der Waals surface area (Å²) in [5.41, 5.74) is -0.356. The van der Waals surface area contributed by atoms with Gasteiger partial charge in [0.2, 0.25) is 0 Å². The Morgan fingerprint density at radius 1 is 1.38 bits per heavy atom. The number of β-amino-alcohol motifs (C(OH)–C–C–N with tert-alkyl or cyclic N) is 1. The Morgan fingerprint density at radius 2 is 2.08 bits per heavy atom. The minimum Gasteiger partial charge on any atom is -0.432 e. The molecule has 0 aromatic heterocycles. The Hall–Kier alpha value is -1.35. The van der Waals surface area contributed by atoms with Gasteiger partial charge in [0.1, 0.15) is 0 Å². The molecule has 1 fully saturated rings. The lowest BCUT2D eigenvalue weighted by Crippen LogP contribution is -2.50. The summed E-state index contributed by atoms with van der Waals surface area (Å²) in [6.45, 7) is 2.71. The average molecular weight is 348 g/mol. The number of rotatable bonds is 8. The molecule has 0 saturated carbocycles. The number of aliphatic hydroxyl groups is 1. The predicted octanol–water partition coefficient (Wildman–Crippen LogP) is 1.60. The summed E-state index contributed by atoms with van der Waals surface area (Å²) in [4.78, 5) is 2.13. The van der Waals surface area contributed by atoms with Gasteiger partial charge in [0, 0.05) is 32.7 Å². The summed E-state index contributed by atoms with van der Waals surface area (Å²) < 4.78 is 47.1. The standard InChI is InChI=1S/C16H23F3N2O3/c1-16(22,11-21-4-6-23-7-5-21)10-20-9-12-2-3-14(13(17)8-12)24-15(18)19/h2-3,8,15,20,22H,4-7,9-11H2,1H3. The third-order valence-electron chi connectivity index (χ3n) is 3.72. The zero-order valence-corrected chi connectivity index (χ0v) is 13.6. The molecule has 136 valence electrons. The number of benzene rings is 1. The van der Waals surface area contributed by atoms with Crippen LogP contribution in [0.25, 0.3) is 0 Å². The Morgan fingerprint density at radius 3 is 2.71 bits per heavy atom. The second-order valence-corrected chi connectivity index (χ2v) is 6.13. The number of alkyl halides is 2. The van der Waals surface area contributed by atoms with Crippen LogP contribution in [-0.2, 0) is 11.3 Å². The molecule has 0 bridgehead atoms. The molecule has 0 amide bonds. The largest absolute Gasteiger partial charge is 0.432 e. The highest BCUT2D eigenvalue weighted by Crippen LogP contribution is 2.20. The lowest BCUT2D eigenvalue weighted by Gasteiger charge is -2.34. The molecule has 8 heteroatoms. The van der Waals surface area contributed by atoms with Crippen LogP contribution in [0.4, 0.5) is 13.2 Å². The van der Waals surface area contributed by atoms with Gasteiger partial charge < -0.3 is 19.9 Å². The van der Waals surface area contributed by atoms with Crippen LogP contribution in [0.3, 0.4) is 0 Å². The average Bonchev–Trinajstić information content (AvgIpc) is 2.50. The maximum absolute atomic E-state index is 13.6. The minimum absolute atomic E-state index is 0.311. The van der Waals surface area contributed by atoms with Gasteiger partial charge in [0.05, 0.1) is 18.8 Å². The molecule has 5 nitrogen and oxygen atoms in total. The zero-order chi connectivity index (χ0) is 17.6. The van der Waals surface area contributed by atoms with E-state index < -0.39 is 23.8 Å². The first kappa shape index (κ1) is 19.0. The van der Waals surface area contributed by atoms with Crippen LogP contribution in [0.15, 0.2) is 18.2 Å². The number of halogens is 3. The molecule has 0 spiro atoms. The van der Waals surface area contributed by atoms with Gasteiger partial charge >= 0.3 is 6.61 Å². The molecule has 1 aromatic rings. The number of nitrogens with one attached hydrogen (secondary N) is 1. The van der Waals surface area contributed by atoms with E-state index in [0.717, 1.165) is 19.2 Å². The summed E-state index contributed by atoms with van der Waals surface area (Å²) in [5.74, 6) is -1.32. The highest BCUT2D eigenvalue weighted by molar-refractivity contribution is 5.29. The van der Waals surface area contributed by atoms with Gasteiger partial charge in [-0.25, -0.2) is 4.39 Å². The fourth-order valence-corrected chi connectivity index (χ4v) is 2.62. The van der Waals surface area contributed by atoms with Crippen molar-refractivity contribution >= 4 is 0 Å². The lowest BCUT2D eigenvalue weighted by atomic mass is 10.1. The first-order valence-corrected chi connectivity index (χ1v) is 7.82. The van der Waals surface area contributed by atoms with Crippen molar-refractivity contribution in [3.05, 3.63) is 29.6 Å². The van der Waals surface area contributed by atoms with Gasteiger partial charge in [-0.05, 0) is 24.6 Å². The molecule has 0 radical (unpaired) electrons. The van der Waals surface area contributed by atoms with Crippen molar-refractivity contribution in [1.82, 2.24) is 10.2 Å². The molecule has 1 heterocycles. The van der Waals surface area contributed by atoms with Crippen LogP contribution in [-0.4, -0.2) is 61.6 Å². The van der Waals surface area contributed by atoms with Crippen molar-refractivity contribution in [2.75, 3.05) is 39.4 Å². The Kier molecular flexibility index (Phi) is 6.85. The Balaban J connectivity index is 1.79. The van der Waals surface area contributed by atoms with Gasteiger partial charge in [-0.1, -0.05) is 6.07 Å². The van der Waals surface area contributed by atoms with E-state index in [-0.39, 0.29) is 0 Å². The summed E-state index contributed by atoms with van der Waals surface area (Å²) >= 11 is 0. The van der Waals surface area contributed by atoms with Gasteiger partial charge in [-0.15, -0.1) is 0 Å². The smallest absolute Gasteiger partial charge is 0.387 e. The Labute approximate surface area is 139 Å². The van der Waals surface area contributed by atoms with E-state index in [4.69, 9.17) is 4.74 Å². The number of hydrogen-bond donors (Lipinski definition) is 2. The number of ether oxygens (including phenoxy) is 2. The number of hydrogen-bond acceptors (Lipinski definition) is 5. The molecule has 0 aliphatic carbocycles. The molecule has 2 rings (SSSR count). The topological polar surface area (TPSA) is 54.0 Å². The van der Waals surface area contributed by atoms with Gasteiger partial charge in [0.15, 0.2) is 11.6 Å². The van der Waals surface area contributed by atoms with E-state index in [1.165, 1.54) is 12.1 Å². The summed E-state index contributed by atoms with van der Waals surface area (Å²) in [6, 6.07) is 3.82. The first-order valence-electron chi connectivity index (χ1n) is 7.82. The van der Waals surface area contributed by atoms with E-state index >= 15 is 0 Å². The molecule has 1 saturated heterocycles. The summed E-state index contributed by atoms with van der Waals surface area (Å²) in [7, 11) is 0. The highest BCUT2D eigenvalue weighted by atomic mass is 19.3. The number of nitrogens with zero attached hydrogens (tertiary/aromatic N) is 1. The van der Waals surface area contributed by atoms with Crippen LogP contribution in [0.2, 0.25) is 0 Å². The van der Waals surface area contributed by atoms with E-state index in [9.17, 15) is 18.3 Å². The van der Waals surface area contributed by atoms with Gasteiger partial charge in [-0.2, -0.15) is 8.78 Å². The quantitative estimate of drug-likeness (QED) is 0.747. The third-order valence-corrected chi connectivity index (χ3v) is 3.72. The maximum atomic E-state index is 13.6. The van der Waals surface area contributed by atoms with Gasteiger partial charge in [-0.3, -0.25) is 4.90 Å². The van der Waals surface area contributed by atoms with Crippen molar-refractivity contribution in [2.24, 2.45) is 0 Å². The third kappa shape index (κ3) is 6.27. The molecule has 1 aliphatic heterocycles. The Bertz CT molecular complexity index is 523. The van der Waals surface area contributed by atoms with Crippen molar-refractivity contribution in [1.29, 1.82) is 0 Å². The van der Waals surface area contributed by atoms with Crippen molar-refractivity contribution in [3.8, 4) is 5.75 Å². The SMILES string of the molecule is CC(O)(CNCc1ccc(OC(F)F)c(F)c1)CN1CCOCC1. The number of morpholine rings is 1. The fourth-order valence-electron chi connectivity index (χ4n) is 2.62. The first-order chi connectivity index (χ1) is 11.4. The second-order valence-electron chi connectivity index (χ2n) is 6.13. The van der Waals surface area contributed by atoms with Crippen LogP contribution in [0, 0.1) is 5.82 Å². The van der Waals surface area contributed by atoms with E-state index in [1.54, 1.807) is 6.92 Å². The predicted molar refractivity (Wildman–Crippen MR) is 82.6 cm³/mol. The van der Waals surface area contributed by atoms with Crippen molar-refractivity contribution < 1.29 is 27.8 Å². The molecular formula is C16H23F3N2O3. The maximum Gasteiger partial charge on any atom is 0.387 e. The van der Waals surface area contributed by atoms with Crippen LogP contribution in [0.5, 0.6) is 5.75 Å². The van der Waals surface area contributed by atoms with Crippen LogP contribution < -0.4 is 10.1 Å². The lowest BCUT2D eigenvalue weighted by molar-refractivity contribution is -0.0522. The van der Waals surface area contributed by atoms with Crippen molar-refractivity contribution in [2.45, 2.75) is 25.7 Å². The van der Waals surface area contributed by atoms with Crippen LogP contribution >= 0.6 is 0 Å². The molecule has 1 unspecified atom stereocenters. The van der Waals surface area contributed by atoms with E-state index in [2.05, 4.69) is 15.0 Å². The molecule has 1 aliphatic rings. The second kappa shape index (κ2) is 8.66. The van der Waals surface area contributed by atoms with Crippen LogP contribution in [0.1, 0.15) is 12.5 Å². The van der Waals surface area contributed by atoms with E-state index in [0.29, 0.717) is 38.4 Å². The molecule has 2 N–H and O–H groups in total. The zero-order valence-electron chi connectivity index (χ0n) is 13.6. The minimum atomic E-state index is -3.06. The summed E-state index contributed by atoms with van der Waals surface area (Å²) in [6.07, 6.45) is 0. The van der Waals surface area contributed by atoms with Crippen molar-refractivity contribution in [3.63, 3.8) is 0 Å². The molecule has 1 atom stereocenters. The normalized spacial score (nSPS) is 18.6. The fraction of sp³-hybridized carbons (Fsp3) is 0.625. The van der Waals surface area contributed by atoms with Gasteiger partial charge in [0.25, 0.3) is 0 Å². The molecule has 1 aromatic carbocycles. The molecular weight excluding hydrogens is 325 g/mol. The summed E-state index contributed by atoms with van der Waals surface area (Å²) in [5, 5.41) is 13.5. The van der Waals surface area contributed by atoms with E-state index in [1.807, 2.05) is 0 Å². The highest BCUT2D eigenvalue weighted by Gasteiger charge is 2.24. The monoisotopic (exact) mass is 348 g/mol. The molecule has 24 heavy (non-hydrogen) atoms.